The summed E-state index contributed by atoms with van der Waals surface area (Å²) in [5.41, 5.74) is 2.81. The fourth-order valence-electron chi connectivity index (χ4n) is 4.20. The Hall–Kier alpha value is -3.04. The van der Waals surface area contributed by atoms with E-state index < -0.39 is 5.60 Å². The smallest absolute Gasteiger partial charge is 0.264 e. The first-order chi connectivity index (χ1) is 15.0. The van der Waals surface area contributed by atoms with Crippen molar-refractivity contribution in [3.8, 4) is 0 Å². The van der Waals surface area contributed by atoms with E-state index in [2.05, 4.69) is 15.6 Å². The molecule has 31 heavy (non-hydrogen) atoms. The van der Waals surface area contributed by atoms with Gasteiger partial charge in [-0.15, -0.1) is 16.4 Å². The van der Waals surface area contributed by atoms with Gasteiger partial charge in [0.05, 0.1) is 36.8 Å². The van der Waals surface area contributed by atoms with Gasteiger partial charge in [-0.2, -0.15) is 0 Å². The molecule has 2 aromatic heterocycles. The molecule has 1 fully saturated rings. The van der Waals surface area contributed by atoms with Crippen molar-refractivity contribution >= 4 is 23.2 Å². The van der Waals surface area contributed by atoms with Gasteiger partial charge in [0.1, 0.15) is 11.3 Å². The normalized spacial score (nSPS) is 20.1. The molecule has 0 radical (unpaired) electrons. The van der Waals surface area contributed by atoms with Crippen molar-refractivity contribution in [2.45, 2.75) is 38.6 Å². The largest absolute Gasteiger partial charge is 0.365 e. The van der Waals surface area contributed by atoms with Crippen LogP contribution in [0.5, 0.6) is 0 Å². The van der Waals surface area contributed by atoms with Crippen molar-refractivity contribution in [3.05, 3.63) is 69.2 Å². The molecule has 8 nitrogen and oxygen atoms in total. The van der Waals surface area contributed by atoms with Crippen molar-refractivity contribution in [2.75, 3.05) is 13.1 Å². The average Bonchev–Trinajstić information content (AvgIpc) is 3.52. The summed E-state index contributed by atoms with van der Waals surface area (Å²) in [5, 5.41) is 13.4. The van der Waals surface area contributed by atoms with Crippen molar-refractivity contribution in [1.82, 2.24) is 25.2 Å². The van der Waals surface area contributed by atoms with Crippen LogP contribution in [0.2, 0.25) is 0 Å². The number of carbonyl (C=O) groups excluding carboxylic acids is 2. The zero-order valence-electron chi connectivity index (χ0n) is 17.2. The van der Waals surface area contributed by atoms with Gasteiger partial charge in [0.25, 0.3) is 11.8 Å². The maximum absolute atomic E-state index is 12.7. The van der Waals surface area contributed by atoms with Crippen LogP contribution >= 0.6 is 11.3 Å². The van der Waals surface area contributed by atoms with Gasteiger partial charge >= 0.3 is 0 Å². The minimum Gasteiger partial charge on any atom is -0.365 e. The molecule has 1 aromatic carbocycles. The molecule has 2 aliphatic rings. The number of thiophene rings is 1. The second-order valence-electron chi connectivity index (χ2n) is 8.12. The lowest BCUT2D eigenvalue weighted by atomic mass is 10.0. The summed E-state index contributed by atoms with van der Waals surface area (Å²) < 4.78 is 8.11. The third-order valence-corrected chi connectivity index (χ3v) is 6.76. The van der Waals surface area contributed by atoms with E-state index in [-0.39, 0.29) is 11.8 Å². The SMILES string of the molecule is Cc1cccc(C(=O)NCc2nnn3c2COC2(CCN(C(=O)c4cccs4)C2)C3)c1. The van der Waals surface area contributed by atoms with Crippen molar-refractivity contribution in [1.29, 1.82) is 0 Å². The van der Waals surface area contributed by atoms with Crippen LogP contribution in [0.15, 0.2) is 41.8 Å². The van der Waals surface area contributed by atoms with Gasteiger partial charge in [0.2, 0.25) is 0 Å². The van der Waals surface area contributed by atoms with Crippen LogP contribution in [0.3, 0.4) is 0 Å². The summed E-state index contributed by atoms with van der Waals surface area (Å²) in [6, 6.07) is 11.2. The molecule has 160 valence electrons. The molecule has 1 atom stereocenters. The molecule has 2 aliphatic heterocycles. The second-order valence-corrected chi connectivity index (χ2v) is 9.07. The van der Waals surface area contributed by atoms with E-state index in [0.717, 1.165) is 22.6 Å². The Labute approximate surface area is 183 Å². The van der Waals surface area contributed by atoms with Gasteiger partial charge in [0.15, 0.2) is 0 Å². The first-order valence-corrected chi connectivity index (χ1v) is 11.1. The Bertz CT molecular complexity index is 1130. The number of fused-ring (bicyclic) bond motifs is 1. The molecular formula is C22H23N5O3S. The van der Waals surface area contributed by atoms with Crippen molar-refractivity contribution < 1.29 is 14.3 Å². The molecule has 0 bridgehead atoms. The van der Waals surface area contributed by atoms with Gasteiger partial charge in [-0.1, -0.05) is 29.0 Å². The molecule has 0 saturated carbocycles. The number of benzene rings is 1. The van der Waals surface area contributed by atoms with E-state index in [1.807, 2.05) is 52.2 Å². The fourth-order valence-corrected chi connectivity index (χ4v) is 4.90. The quantitative estimate of drug-likeness (QED) is 0.677. The van der Waals surface area contributed by atoms with Gasteiger partial charge in [-0.25, -0.2) is 4.68 Å². The number of carbonyl (C=O) groups is 2. The van der Waals surface area contributed by atoms with Crippen LogP contribution in [-0.2, 0) is 24.4 Å². The number of hydrogen-bond donors (Lipinski definition) is 1. The zero-order valence-corrected chi connectivity index (χ0v) is 18.0. The first-order valence-electron chi connectivity index (χ1n) is 10.3. The molecular weight excluding hydrogens is 414 g/mol. The minimum atomic E-state index is -0.435. The topological polar surface area (TPSA) is 89.3 Å². The maximum atomic E-state index is 12.7. The lowest BCUT2D eigenvalue weighted by molar-refractivity contribution is -0.0828. The number of aromatic nitrogens is 3. The van der Waals surface area contributed by atoms with Gasteiger partial charge < -0.3 is 15.0 Å². The first kappa shape index (κ1) is 19.9. The molecule has 3 aromatic rings. The lowest BCUT2D eigenvalue weighted by Gasteiger charge is -2.33. The summed E-state index contributed by atoms with van der Waals surface area (Å²) in [6.07, 6.45) is 0.767. The number of ether oxygens (including phenoxy) is 1. The molecule has 1 N–H and O–H groups in total. The third kappa shape index (κ3) is 3.86. The van der Waals surface area contributed by atoms with E-state index in [9.17, 15) is 9.59 Å². The predicted molar refractivity (Wildman–Crippen MR) is 115 cm³/mol. The fraction of sp³-hybridized carbons (Fsp3) is 0.364. The molecule has 1 unspecified atom stereocenters. The summed E-state index contributed by atoms with van der Waals surface area (Å²) in [4.78, 5) is 27.7. The number of likely N-dealkylation sites (tertiary alicyclic amines) is 1. The highest BCUT2D eigenvalue weighted by atomic mass is 32.1. The Kier molecular flexibility index (Phi) is 5.07. The summed E-state index contributed by atoms with van der Waals surface area (Å²) in [6.45, 7) is 4.38. The van der Waals surface area contributed by atoms with Gasteiger partial charge in [-0.3, -0.25) is 9.59 Å². The molecule has 2 amide bonds. The molecule has 1 spiro atoms. The highest BCUT2D eigenvalue weighted by Crippen LogP contribution is 2.33. The van der Waals surface area contributed by atoms with Gasteiger partial charge in [-0.05, 0) is 36.9 Å². The number of rotatable bonds is 4. The van der Waals surface area contributed by atoms with Crippen LogP contribution in [0.25, 0.3) is 0 Å². The van der Waals surface area contributed by atoms with Crippen molar-refractivity contribution in [3.63, 3.8) is 0 Å². The predicted octanol–water partition coefficient (Wildman–Crippen LogP) is 2.39. The van der Waals surface area contributed by atoms with E-state index >= 15 is 0 Å². The van der Waals surface area contributed by atoms with Crippen LogP contribution in [0.4, 0.5) is 0 Å². The van der Waals surface area contributed by atoms with E-state index in [1.54, 1.807) is 6.07 Å². The summed E-state index contributed by atoms with van der Waals surface area (Å²) in [7, 11) is 0. The maximum Gasteiger partial charge on any atom is 0.264 e. The molecule has 1 saturated heterocycles. The van der Waals surface area contributed by atoms with E-state index in [1.165, 1.54) is 11.3 Å². The summed E-state index contributed by atoms with van der Waals surface area (Å²) >= 11 is 1.46. The van der Waals surface area contributed by atoms with E-state index in [0.29, 0.717) is 44.0 Å². The third-order valence-electron chi connectivity index (χ3n) is 5.90. The Morgan fingerprint density at radius 3 is 2.97 bits per heavy atom. The second kappa shape index (κ2) is 7.90. The zero-order chi connectivity index (χ0) is 21.4. The molecule has 5 rings (SSSR count). The standard InChI is InChI=1S/C22H23N5O3S/c1-15-4-2-5-16(10-15)20(28)23-11-17-18-12-30-22(14-27(18)25-24-17)7-8-26(13-22)21(29)19-6-3-9-31-19/h2-6,9-10H,7-8,11-14H2,1H3,(H,23,28). The van der Waals surface area contributed by atoms with Gasteiger partial charge in [0, 0.05) is 12.1 Å². The van der Waals surface area contributed by atoms with Crippen LogP contribution in [-0.4, -0.2) is 50.4 Å². The molecule has 9 heteroatoms. The van der Waals surface area contributed by atoms with Crippen LogP contribution in [0, 0.1) is 6.92 Å². The van der Waals surface area contributed by atoms with Crippen molar-refractivity contribution in [2.24, 2.45) is 0 Å². The Morgan fingerprint density at radius 1 is 1.26 bits per heavy atom. The molecule has 4 heterocycles. The highest BCUT2D eigenvalue weighted by molar-refractivity contribution is 7.12. The number of amides is 2. The number of hydrogen-bond acceptors (Lipinski definition) is 6. The Morgan fingerprint density at radius 2 is 2.16 bits per heavy atom. The number of nitrogens with zero attached hydrogens (tertiary/aromatic N) is 4. The monoisotopic (exact) mass is 437 g/mol. The lowest BCUT2D eigenvalue weighted by Crippen LogP contribution is -2.45. The summed E-state index contributed by atoms with van der Waals surface area (Å²) in [5.74, 6) is -0.0865. The van der Waals surface area contributed by atoms with Crippen LogP contribution in [0.1, 0.15) is 43.4 Å². The molecule has 0 aliphatic carbocycles. The van der Waals surface area contributed by atoms with E-state index in [4.69, 9.17) is 4.74 Å². The van der Waals surface area contributed by atoms with Crippen LogP contribution < -0.4 is 5.32 Å². The highest BCUT2D eigenvalue weighted by Gasteiger charge is 2.45. The number of aryl methyl sites for hydroxylation is 1. The minimum absolute atomic E-state index is 0.0550. The Balaban J connectivity index is 1.23. The number of nitrogens with one attached hydrogen (secondary N) is 1. The average molecular weight is 438 g/mol.